The Kier molecular flexibility index (Phi) is 3.35. The Morgan fingerprint density at radius 1 is 1.50 bits per heavy atom. The zero-order valence-corrected chi connectivity index (χ0v) is 8.64. The van der Waals surface area contributed by atoms with Gasteiger partial charge in [0.25, 0.3) is 0 Å². The number of alkyl halides is 1. The van der Waals surface area contributed by atoms with Crippen LogP contribution in [-0.2, 0) is 0 Å². The minimum atomic E-state index is 0.840. The second-order valence-electron chi connectivity index (χ2n) is 2.63. The van der Waals surface area contributed by atoms with E-state index in [0.29, 0.717) is 0 Å². The van der Waals surface area contributed by atoms with Crippen molar-refractivity contribution in [2.24, 2.45) is 0 Å². The zero-order valence-electron chi connectivity index (χ0n) is 7.05. The molecule has 0 aliphatic heterocycles. The molecule has 0 unspecified atom stereocenters. The van der Waals surface area contributed by atoms with E-state index >= 15 is 0 Å². The number of rotatable bonds is 2. The van der Waals surface area contributed by atoms with E-state index in [9.17, 15) is 0 Å². The van der Waals surface area contributed by atoms with Gasteiger partial charge in [-0.1, -0.05) is 40.2 Å². The van der Waals surface area contributed by atoms with Gasteiger partial charge in [0, 0.05) is 16.6 Å². The fraction of sp³-hybridized carbons (Fsp3) is 0.200. The summed E-state index contributed by atoms with van der Waals surface area (Å²) in [7, 11) is 0. The highest BCUT2D eigenvalue weighted by Crippen LogP contribution is 2.17. The number of aryl methyl sites for hydroxylation is 1. The van der Waals surface area contributed by atoms with Crippen molar-refractivity contribution in [1.29, 1.82) is 0 Å². The van der Waals surface area contributed by atoms with E-state index in [2.05, 4.69) is 28.9 Å². The SMILES string of the molecule is Cc1cccc(N)c1C=CCBr. The van der Waals surface area contributed by atoms with Crippen molar-refractivity contribution in [3.05, 3.63) is 35.4 Å². The molecule has 12 heavy (non-hydrogen) atoms. The van der Waals surface area contributed by atoms with Crippen molar-refractivity contribution in [2.75, 3.05) is 11.1 Å². The maximum Gasteiger partial charge on any atom is 0.0390 e. The number of anilines is 1. The van der Waals surface area contributed by atoms with Gasteiger partial charge < -0.3 is 5.73 Å². The molecule has 0 aliphatic rings. The van der Waals surface area contributed by atoms with E-state index in [1.54, 1.807) is 0 Å². The van der Waals surface area contributed by atoms with Crippen LogP contribution in [0.5, 0.6) is 0 Å². The highest BCUT2D eigenvalue weighted by molar-refractivity contribution is 9.09. The summed E-state index contributed by atoms with van der Waals surface area (Å²) in [6.07, 6.45) is 4.08. The standard InChI is InChI=1S/C10H12BrN/c1-8-4-2-6-10(12)9(8)5-3-7-11/h2-6H,7,12H2,1H3. The number of hydrogen-bond donors (Lipinski definition) is 1. The molecule has 0 aromatic heterocycles. The first kappa shape index (κ1) is 9.33. The van der Waals surface area contributed by atoms with Crippen molar-refractivity contribution in [1.82, 2.24) is 0 Å². The molecule has 0 amide bonds. The van der Waals surface area contributed by atoms with Crippen molar-refractivity contribution in [3.8, 4) is 0 Å². The minimum absolute atomic E-state index is 0.840. The van der Waals surface area contributed by atoms with Crippen LogP contribution >= 0.6 is 15.9 Å². The number of halogens is 1. The maximum absolute atomic E-state index is 5.80. The van der Waals surface area contributed by atoms with E-state index in [1.807, 2.05) is 24.3 Å². The summed E-state index contributed by atoms with van der Waals surface area (Å²) in [4.78, 5) is 0. The summed E-state index contributed by atoms with van der Waals surface area (Å²) >= 11 is 3.33. The second-order valence-corrected chi connectivity index (χ2v) is 3.28. The van der Waals surface area contributed by atoms with Crippen LogP contribution in [0.2, 0.25) is 0 Å². The molecule has 0 aliphatic carbocycles. The number of hydrogen-bond acceptors (Lipinski definition) is 1. The predicted molar refractivity (Wildman–Crippen MR) is 58.4 cm³/mol. The Morgan fingerprint density at radius 3 is 2.83 bits per heavy atom. The molecule has 0 heterocycles. The Hall–Kier alpha value is -0.760. The summed E-state index contributed by atoms with van der Waals surface area (Å²) in [5.41, 5.74) is 8.97. The van der Waals surface area contributed by atoms with Gasteiger partial charge in [-0.15, -0.1) is 0 Å². The average Bonchev–Trinajstić information content (AvgIpc) is 2.04. The lowest BCUT2D eigenvalue weighted by Gasteiger charge is -2.03. The highest BCUT2D eigenvalue weighted by atomic mass is 79.9. The third kappa shape index (κ3) is 2.11. The Morgan fingerprint density at radius 2 is 2.25 bits per heavy atom. The van der Waals surface area contributed by atoms with Gasteiger partial charge in [-0.3, -0.25) is 0 Å². The molecule has 1 aromatic carbocycles. The van der Waals surface area contributed by atoms with E-state index < -0.39 is 0 Å². The molecule has 0 fully saturated rings. The quantitative estimate of drug-likeness (QED) is 0.608. The normalized spacial score (nSPS) is 10.8. The topological polar surface area (TPSA) is 26.0 Å². The lowest BCUT2D eigenvalue weighted by atomic mass is 10.1. The zero-order chi connectivity index (χ0) is 8.97. The number of benzene rings is 1. The smallest absolute Gasteiger partial charge is 0.0390 e. The van der Waals surface area contributed by atoms with Gasteiger partial charge in [0.1, 0.15) is 0 Å². The molecule has 0 saturated heterocycles. The second kappa shape index (κ2) is 4.31. The van der Waals surface area contributed by atoms with Crippen LogP contribution in [0.1, 0.15) is 11.1 Å². The predicted octanol–water partition coefficient (Wildman–Crippen LogP) is 2.99. The van der Waals surface area contributed by atoms with Crippen molar-refractivity contribution < 1.29 is 0 Å². The van der Waals surface area contributed by atoms with Crippen LogP contribution in [0.4, 0.5) is 5.69 Å². The minimum Gasteiger partial charge on any atom is -0.398 e. The number of nitrogens with two attached hydrogens (primary N) is 1. The van der Waals surface area contributed by atoms with Gasteiger partial charge in [0.15, 0.2) is 0 Å². The molecule has 1 aromatic rings. The molecule has 1 nitrogen and oxygen atoms in total. The van der Waals surface area contributed by atoms with Crippen LogP contribution in [0.25, 0.3) is 6.08 Å². The molecule has 2 N–H and O–H groups in total. The fourth-order valence-corrected chi connectivity index (χ4v) is 1.28. The lowest BCUT2D eigenvalue weighted by molar-refractivity contribution is 1.44. The van der Waals surface area contributed by atoms with Crippen molar-refractivity contribution >= 4 is 27.7 Å². The van der Waals surface area contributed by atoms with Crippen LogP contribution in [0.3, 0.4) is 0 Å². The third-order valence-corrected chi connectivity index (χ3v) is 2.11. The van der Waals surface area contributed by atoms with Gasteiger partial charge in [-0.05, 0) is 18.6 Å². The maximum atomic E-state index is 5.80. The average molecular weight is 226 g/mol. The van der Waals surface area contributed by atoms with Crippen LogP contribution in [0, 0.1) is 6.92 Å². The summed E-state index contributed by atoms with van der Waals surface area (Å²) in [5.74, 6) is 0. The van der Waals surface area contributed by atoms with Gasteiger partial charge in [-0.2, -0.15) is 0 Å². The first-order valence-corrected chi connectivity index (χ1v) is 4.95. The first-order valence-electron chi connectivity index (χ1n) is 3.83. The van der Waals surface area contributed by atoms with E-state index in [-0.39, 0.29) is 0 Å². The summed E-state index contributed by atoms with van der Waals surface area (Å²) < 4.78 is 0. The molecule has 1 rings (SSSR count). The Labute approximate surface area is 81.4 Å². The lowest BCUT2D eigenvalue weighted by Crippen LogP contribution is -1.91. The monoisotopic (exact) mass is 225 g/mol. The Balaban J connectivity index is 3.04. The molecular weight excluding hydrogens is 214 g/mol. The molecule has 64 valence electrons. The van der Waals surface area contributed by atoms with Crippen molar-refractivity contribution in [2.45, 2.75) is 6.92 Å². The van der Waals surface area contributed by atoms with E-state index in [1.165, 1.54) is 5.56 Å². The molecule has 0 atom stereocenters. The largest absolute Gasteiger partial charge is 0.398 e. The molecule has 0 radical (unpaired) electrons. The summed E-state index contributed by atoms with van der Waals surface area (Å²) in [5, 5.41) is 0.862. The van der Waals surface area contributed by atoms with Gasteiger partial charge in [-0.25, -0.2) is 0 Å². The van der Waals surface area contributed by atoms with Gasteiger partial charge in [0.05, 0.1) is 0 Å². The molecule has 0 spiro atoms. The van der Waals surface area contributed by atoms with Crippen LogP contribution < -0.4 is 5.73 Å². The third-order valence-electron chi connectivity index (χ3n) is 1.73. The first-order chi connectivity index (χ1) is 5.75. The molecule has 0 saturated carbocycles. The molecule has 2 heteroatoms. The molecular formula is C10H12BrN. The Bertz CT molecular complexity index is 272. The fourth-order valence-electron chi connectivity index (χ4n) is 1.09. The summed E-state index contributed by atoms with van der Waals surface area (Å²) in [6.45, 7) is 2.06. The van der Waals surface area contributed by atoms with Crippen LogP contribution in [-0.4, -0.2) is 5.33 Å². The van der Waals surface area contributed by atoms with E-state index in [4.69, 9.17) is 5.73 Å². The molecule has 0 bridgehead atoms. The number of allylic oxidation sites excluding steroid dienone is 1. The highest BCUT2D eigenvalue weighted by Gasteiger charge is 1.96. The van der Waals surface area contributed by atoms with Gasteiger partial charge in [0.2, 0.25) is 0 Å². The summed E-state index contributed by atoms with van der Waals surface area (Å²) in [6, 6.07) is 5.95. The van der Waals surface area contributed by atoms with Crippen molar-refractivity contribution in [3.63, 3.8) is 0 Å². The number of nitrogen functional groups attached to an aromatic ring is 1. The van der Waals surface area contributed by atoms with Crippen LogP contribution in [0.15, 0.2) is 24.3 Å². The van der Waals surface area contributed by atoms with Gasteiger partial charge >= 0.3 is 0 Å². The van der Waals surface area contributed by atoms with E-state index in [0.717, 1.165) is 16.6 Å².